The van der Waals surface area contributed by atoms with Gasteiger partial charge >= 0.3 is 0 Å². The molecule has 0 saturated heterocycles. The van der Waals surface area contributed by atoms with Gasteiger partial charge in [-0.1, -0.05) is 12.8 Å². The molecule has 11 heavy (non-hydrogen) atoms. The van der Waals surface area contributed by atoms with Gasteiger partial charge in [0.1, 0.15) is 0 Å². The molecule has 3 nitrogen and oxygen atoms in total. The molecule has 1 fully saturated rings. The van der Waals surface area contributed by atoms with Gasteiger partial charge in [0.25, 0.3) is 0 Å². The summed E-state index contributed by atoms with van der Waals surface area (Å²) in [5.74, 6) is -0.478. The minimum atomic E-state index is -0.536. The first-order chi connectivity index (χ1) is 5.18. The molecule has 0 heterocycles. The van der Waals surface area contributed by atoms with Crippen molar-refractivity contribution in [3.05, 3.63) is 6.42 Å². The number of nitrogens with zero attached hydrogens (tertiary/aromatic N) is 1. The number of carbonyl (C=O) groups excluding carboxylic acids is 1. The molecule has 0 unspecified atom stereocenters. The van der Waals surface area contributed by atoms with Crippen molar-refractivity contribution in [2.75, 3.05) is 0 Å². The molecule has 3 heteroatoms. The summed E-state index contributed by atoms with van der Waals surface area (Å²) < 4.78 is 0. The van der Waals surface area contributed by atoms with Gasteiger partial charge in [-0.05, 0) is 12.8 Å². The second-order valence-electron chi connectivity index (χ2n) is 3.02. The van der Waals surface area contributed by atoms with Gasteiger partial charge < -0.3 is 5.73 Å². The van der Waals surface area contributed by atoms with Crippen molar-refractivity contribution in [3.8, 4) is 6.07 Å². The third kappa shape index (κ3) is 1.70. The Morgan fingerprint density at radius 1 is 1.55 bits per heavy atom. The fraction of sp³-hybridized carbons (Fsp3) is 0.625. The number of amides is 1. The molecular weight excluding hydrogens is 140 g/mol. The minimum Gasteiger partial charge on any atom is -0.369 e. The average Bonchev–Trinajstić information content (AvgIpc) is 2.36. The van der Waals surface area contributed by atoms with E-state index in [1.165, 1.54) is 6.42 Å². The molecule has 1 aliphatic carbocycles. The van der Waals surface area contributed by atoms with Crippen LogP contribution < -0.4 is 5.73 Å². The van der Waals surface area contributed by atoms with E-state index < -0.39 is 11.3 Å². The summed E-state index contributed by atoms with van der Waals surface area (Å²) in [5.41, 5.74) is 4.45. The molecule has 59 valence electrons. The summed E-state index contributed by atoms with van der Waals surface area (Å²) in [6, 6.07) is 2.15. The smallest absolute Gasteiger partial charge is 0.223 e. The van der Waals surface area contributed by atoms with Crippen molar-refractivity contribution < 1.29 is 4.79 Å². The molecule has 1 amide bonds. The Hall–Kier alpha value is -1.04. The van der Waals surface area contributed by atoms with Crippen LogP contribution in [0.3, 0.4) is 0 Å². The maximum atomic E-state index is 10.5. The molecule has 0 aromatic carbocycles. The van der Waals surface area contributed by atoms with Gasteiger partial charge in [-0.25, -0.2) is 0 Å². The van der Waals surface area contributed by atoms with E-state index in [1.807, 2.05) is 0 Å². The van der Waals surface area contributed by atoms with Gasteiger partial charge in [0, 0.05) is 0 Å². The van der Waals surface area contributed by atoms with E-state index in [0.29, 0.717) is 0 Å². The summed E-state index contributed by atoms with van der Waals surface area (Å²) >= 11 is 0. The summed E-state index contributed by atoms with van der Waals surface area (Å²) in [4.78, 5) is 10.5. The topological polar surface area (TPSA) is 66.9 Å². The van der Waals surface area contributed by atoms with Gasteiger partial charge in [-0.3, -0.25) is 4.79 Å². The molecule has 0 aromatic heterocycles. The molecule has 1 aliphatic rings. The SMILES string of the molecule is N#CC1([CH]C(N)=O)CCCC1. The minimum absolute atomic E-state index is 0.478. The number of rotatable bonds is 2. The highest BCUT2D eigenvalue weighted by Crippen LogP contribution is 2.39. The quantitative estimate of drug-likeness (QED) is 0.633. The Bertz CT molecular complexity index is 199. The fourth-order valence-electron chi connectivity index (χ4n) is 1.57. The van der Waals surface area contributed by atoms with Crippen LogP contribution in [0.4, 0.5) is 0 Å². The predicted molar refractivity (Wildman–Crippen MR) is 40.0 cm³/mol. The molecule has 0 aromatic rings. The lowest BCUT2D eigenvalue weighted by Crippen LogP contribution is -2.24. The van der Waals surface area contributed by atoms with Crippen LogP contribution in [0.15, 0.2) is 0 Å². The Balaban J connectivity index is 2.61. The van der Waals surface area contributed by atoms with Crippen molar-refractivity contribution in [2.45, 2.75) is 25.7 Å². The van der Waals surface area contributed by atoms with Crippen molar-refractivity contribution in [1.82, 2.24) is 0 Å². The zero-order valence-electron chi connectivity index (χ0n) is 6.34. The molecule has 0 atom stereocenters. The lowest BCUT2D eigenvalue weighted by molar-refractivity contribution is -0.115. The van der Waals surface area contributed by atoms with Crippen LogP contribution in [-0.2, 0) is 4.79 Å². The van der Waals surface area contributed by atoms with Gasteiger partial charge in [0.15, 0.2) is 0 Å². The maximum Gasteiger partial charge on any atom is 0.223 e. The van der Waals surface area contributed by atoms with E-state index in [4.69, 9.17) is 11.0 Å². The van der Waals surface area contributed by atoms with Crippen molar-refractivity contribution in [2.24, 2.45) is 11.1 Å². The van der Waals surface area contributed by atoms with Gasteiger partial charge in [-0.15, -0.1) is 0 Å². The van der Waals surface area contributed by atoms with E-state index in [1.54, 1.807) is 0 Å². The molecule has 0 spiro atoms. The first kappa shape index (κ1) is 8.06. The molecule has 1 saturated carbocycles. The van der Waals surface area contributed by atoms with Gasteiger partial charge in [0.2, 0.25) is 5.91 Å². The summed E-state index contributed by atoms with van der Waals surface area (Å²) in [6.07, 6.45) is 4.98. The highest BCUT2D eigenvalue weighted by Gasteiger charge is 2.35. The number of primary amides is 1. The number of hydrogen-bond donors (Lipinski definition) is 1. The molecule has 2 N–H and O–H groups in total. The van der Waals surface area contributed by atoms with Crippen LogP contribution >= 0.6 is 0 Å². The number of carbonyl (C=O) groups is 1. The second kappa shape index (κ2) is 2.91. The summed E-state index contributed by atoms with van der Waals surface area (Å²) in [6.45, 7) is 0. The van der Waals surface area contributed by atoms with E-state index in [9.17, 15) is 4.79 Å². The predicted octanol–water partition coefficient (Wildman–Crippen LogP) is 0.760. The Labute approximate surface area is 66.2 Å². The largest absolute Gasteiger partial charge is 0.369 e. The van der Waals surface area contributed by atoms with E-state index in [0.717, 1.165) is 25.7 Å². The number of nitrogens with two attached hydrogens (primary N) is 1. The third-order valence-corrected chi connectivity index (χ3v) is 2.14. The average molecular weight is 151 g/mol. The Kier molecular flexibility index (Phi) is 2.13. The zero-order valence-corrected chi connectivity index (χ0v) is 6.34. The van der Waals surface area contributed by atoms with Crippen molar-refractivity contribution in [1.29, 1.82) is 5.26 Å². The first-order valence-electron chi connectivity index (χ1n) is 3.75. The van der Waals surface area contributed by atoms with E-state index in [-0.39, 0.29) is 0 Å². The Morgan fingerprint density at radius 2 is 2.09 bits per heavy atom. The van der Waals surface area contributed by atoms with Crippen LogP contribution in [-0.4, -0.2) is 5.91 Å². The van der Waals surface area contributed by atoms with Crippen molar-refractivity contribution >= 4 is 5.91 Å². The molecule has 1 rings (SSSR count). The molecule has 0 aliphatic heterocycles. The standard InChI is InChI=1S/C8H11N2O/c9-6-8(5-7(10)11)3-1-2-4-8/h5H,1-4H2,(H2,10,11). The number of hydrogen-bond acceptors (Lipinski definition) is 2. The highest BCUT2D eigenvalue weighted by atomic mass is 16.1. The summed E-state index contributed by atoms with van der Waals surface area (Å²) in [5, 5.41) is 8.78. The third-order valence-electron chi connectivity index (χ3n) is 2.14. The molecule has 1 radical (unpaired) electrons. The Morgan fingerprint density at radius 3 is 2.45 bits per heavy atom. The second-order valence-corrected chi connectivity index (χ2v) is 3.02. The normalized spacial score (nSPS) is 21.0. The van der Waals surface area contributed by atoms with Gasteiger partial charge in [0.05, 0.1) is 17.9 Å². The van der Waals surface area contributed by atoms with Gasteiger partial charge in [-0.2, -0.15) is 5.26 Å². The van der Waals surface area contributed by atoms with Crippen molar-refractivity contribution in [3.63, 3.8) is 0 Å². The van der Waals surface area contributed by atoms with Crippen LogP contribution in [0.1, 0.15) is 25.7 Å². The lowest BCUT2D eigenvalue weighted by Gasteiger charge is -2.16. The highest BCUT2D eigenvalue weighted by molar-refractivity contribution is 5.84. The van der Waals surface area contributed by atoms with E-state index in [2.05, 4.69) is 6.07 Å². The lowest BCUT2D eigenvalue weighted by atomic mass is 9.84. The van der Waals surface area contributed by atoms with Crippen LogP contribution in [0.5, 0.6) is 0 Å². The molecular formula is C8H11N2O. The zero-order chi connectivity index (χ0) is 8.32. The first-order valence-corrected chi connectivity index (χ1v) is 3.75. The van der Waals surface area contributed by atoms with Crippen LogP contribution in [0.25, 0.3) is 0 Å². The fourth-order valence-corrected chi connectivity index (χ4v) is 1.57. The maximum absolute atomic E-state index is 10.5. The van der Waals surface area contributed by atoms with E-state index >= 15 is 0 Å². The monoisotopic (exact) mass is 151 g/mol. The van der Waals surface area contributed by atoms with Crippen LogP contribution in [0.2, 0.25) is 0 Å². The number of nitriles is 1. The molecule has 0 bridgehead atoms. The van der Waals surface area contributed by atoms with Crippen LogP contribution in [0, 0.1) is 23.2 Å². The summed E-state index contributed by atoms with van der Waals surface area (Å²) in [7, 11) is 0.